The SMILES string of the molecule is COc1ccc(SCCC(=O)N(CCCN(C)C)c2nc3c(F)cc(F)cc3s2)cc1. The minimum atomic E-state index is -0.715. The lowest BCUT2D eigenvalue weighted by Crippen LogP contribution is -2.33. The van der Waals surface area contributed by atoms with Gasteiger partial charge >= 0.3 is 0 Å². The number of halogens is 2. The lowest BCUT2D eigenvalue weighted by atomic mass is 10.3. The fourth-order valence-corrected chi connectivity index (χ4v) is 4.89. The molecule has 0 unspecified atom stereocenters. The Hall–Kier alpha value is -2.23. The Kier molecular flexibility index (Phi) is 8.22. The second-order valence-corrected chi connectivity index (χ2v) is 9.38. The molecule has 0 saturated heterocycles. The molecular weight excluding hydrogens is 440 g/mol. The first-order chi connectivity index (χ1) is 14.9. The van der Waals surface area contributed by atoms with Crippen LogP contribution in [0.25, 0.3) is 10.2 Å². The molecule has 0 fully saturated rings. The van der Waals surface area contributed by atoms with Crippen LogP contribution in [0.15, 0.2) is 41.3 Å². The number of hydrogen-bond acceptors (Lipinski definition) is 6. The number of anilines is 1. The van der Waals surface area contributed by atoms with Crippen LogP contribution in [-0.4, -0.2) is 55.8 Å². The number of nitrogens with zero attached hydrogens (tertiary/aromatic N) is 3. The molecule has 0 aliphatic rings. The molecule has 0 aliphatic carbocycles. The van der Waals surface area contributed by atoms with Crippen molar-refractivity contribution in [1.29, 1.82) is 0 Å². The fourth-order valence-electron chi connectivity index (χ4n) is 3.00. The Morgan fingerprint density at radius 2 is 1.90 bits per heavy atom. The monoisotopic (exact) mass is 465 g/mol. The van der Waals surface area contributed by atoms with Crippen LogP contribution in [0.1, 0.15) is 12.8 Å². The third kappa shape index (κ3) is 6.38. The normalized spacial score (nSPS) is 11.3. The highest BCUT2D eigenvalue weighted by atomic mass is 32.2. The van der Waals surface area contributed by atoms with Gasteiger partial charge in [-0.05, 0) is 57.4 Å². The lowest BCUT2D eigenvalue weighted by Gasteiger charge is -2.21. The maximum Gasteiger partial charge on any atom is 0.229 e. The number of thiazole rings is 1. The number of fused-ring (bicyclic) bond motifs is 1. The average Bonchev–Trinajstić information content (AvgIpc) is 3.15. The number of carbonyl (C=O) groups is 1. The van der Waals surface area contributed by atoms with Crippen molar-refractivity contribution in [3.05, 3.63) is 48.0 Å². The van der Waals surface area contributed by atoms with E-state index < -0.39 is 11.6 Å². The summed E-state index contributed by atoms with van der Waals surface area (Å²) in [6, 6.07) is 9.73. The van der Waals surface area contributed by atoms with E-state index in [4.69, 9.17) is 4.74 Å². The number of ether oxygens (including phenoxy) is 1. The Morgan fingerprint density at radius 3 is 2.58 bits per heavy atom. The average molecular weight is 466 g/mol. The highest BCUT2D eigenvalue weighted by Crippen LogP contribution is 2.32. The minimum Gasteiger partial charge on any atom is -0.497 e. The van der Waals surface area contributed by atoms with Gasteiger partial charge in [-0.15, -0.1) is 11.8 Å². The highest BCUT2D eigenvalue weighted by molar-refractivity contribution is 7.99. The molecule has 0 atom stereocenters. The van der Waals surface area contributed by atoms with E-state index >= 15 is 0 Å². The van der Waals surface area contributed by atoms with Crippen molar-refractivity contribution < 1.29 is 18.3 Å². The third-order valence-corrected chi connectivity index (χ3v) is 6.60. The summed E-state index contributed by atoms with van der Waals surface area (Å²) in [4.78, 5) is 22.0. The predicted molar refractivity (Wildman–Crippen MR) is 123 cm³/mol. The molecule has 0 saturated carbocycles. The summed E-state index contributed by atoms with van der Waals surface area (Å²) in [5.41, 5.74) is 0.0967. The van der Waals surface area contributed by atoms with E-state index in [2.05, 4.69) is 4.98 Å². The van der Waals surface area contributed by atoms with Gasteiger partial charge in [0, 0.05) is 29.7 Å². The molecule has 0 bridgehead atoms. The number of hydrogen-bond donors (Lipinski definition) is 0. The van der Waals surface area contributed by atoms with Crippen LogP contribution in [0.2, 0.25) is 0 Å². The van der Waals surface area contributed by atoms with Gasteiger partial charge in [0.05, 0.1) is 11.8 Å². The second-order valence-electron chi connectivity index (χ2n) is 7.21. The van der Waals surface area contributed by atoms with Gasteiger partial charge in [-0.2, -0.15) is 0 Å². The van der Waals surface area contributed by atoms with Gasteiger partial charge in [0.15, 0.2) is 10.9 Å². The standard InChI is InChI=1S/C22H25F2N3O2S2/c1-26(2)10-4-11-27(22-25-21-18(24)13-15(23)14-19(21)31-22)20(28)9-12-30-17-7-5-16(29-3)6-8-17/h5-8,13-14H,4,9-12H2,1-3H3. The minimum absolute atomic E-state index is 0.0836. The summed E-state index contributed by atoms with van der Waals surface area (Å²) in [5.74, 6) is -0.0648. The van der Waals surface area contributed by atoms with Gasteiger partial charge in [-0.1, -0.05) is 11.3 Å². The van der Waals surface area contributed by atoms with Gasteiger partial charge < -0.3 is 9.64 Å². The Labute approximate surface area is 189 Å². The van der Waals surface area contributed by atoms with E-state index in [0.29, 0.717) is 28.5 Å². The van der Waals surface area contributed by atoms with Crippen LogP contribution in [0.4, 0.5) is 13.9 Å². The number of methoxy groups -OCH3 is 1. The quantitative estimate of drug-likeness (QED) is 0.392. The molecule has 0 spiro atoms. The Bertz CT molecular complexity index is 1030. The highest BCUT2D eigenvalue weighted by Gasteiger charge is 2.21. The molecule has 9 heteroatoms. The van der Waals surface area contributed by atoms with Crippen LogP contribution in [0.5, 0.6) is 5.75 Å². The maximum atomic E-state index is 14.1. The number of carbonyl (C=O) groups excluding carboxylic acids is 1. The first-order valence-electron chi connectivity index (χ1n) is 9.85. The molecule has 5 nitrogen and oxygen atoms in total. The van der Waals surface area contributed by atoms with Crippen LogP contribution in [0, 0.1) is 11.6 Å². The van der Waals surface area contributed by atoms with Crippen molar-refractivity contribution in [2.24, 2.45) is 0 Å². The number of rotatable bonds is 10. The van der Waals surface area contributed by atoms with Crippen LogP contribution >= 0.6 is 23.1 Å². The lowest BCUT2D eigenvalue weighted by molar-refractivity contribution is -0.118. The molecular formula is C22H25F2N3O2S2. The summed E-state index contributed by atoms with van der Waals surface area (Å²) in [6.45, 7) is 1.27. The van der Waals surface area contributed by atoms with E-state index in [1.165, 1.54) is 6.07 Å². The Balaban J connectivity index is 1.71. The van der Waals surface area contributed by atoms with Gasteiger partial charge in [0.25, 0.3) is 0 Å². The first kappa shape index (κ1) is 23.4. The molecule has 3 aromatic rings. The molecule has 31 heavy (non-hydrogen) atoms. The fraction of sp³-hybridized carbons (Fsp3) is 0.364. The molecule has 0 radical (unpaired) electrons. The molecule has 2 aromatic carbocycles. The van der Waals surface area contributed by atoms with Crippen molar-refractivity contribution in [2.45, 2.75) is 17.7 Å². The Morgan fingerprint density at radius 1 is 1.16 bits per heavy atom. The predicted octanol–water partition coefficient (Wildman–Crippen LogP) is 5.05. The second kappa shape index (κ2) is 10.9. The summed E-state index contributed by atoms with van der Waals surface area (Å²) >= 11 is 2.72. The molecule has 0 aliphatic heterocycles. The van der Waals surface area contributed by atoms with E-state index in [-0.39, 0.29) is 11.4 Å². The molecule has 3 rings (SSSR count). The van der Waals surface area contributed by atoms with Crippen molar-refractivity contribution in [3.63, 3.8) is 0 Å². The van der Waals surface area contributed by atoms with Gasteiger partial charge in [-0.3, -0.25) is 9.69 Å². The van der Waals surface area contributed by atoms with Crippen LogP contribution < -0.4 is 9.64 Å². The van der Waals surface area contributed by atoms with E-state index in [1.54, 1.807) is 23.8 Å². The van der Waals surface area contributed by atoms with Gasteiger partial charge in [0.2, 0.25) is 5.91 Å². The van der Waals surface area contributed by atoms with E-state index in [1.807, 2.05) is 43.3 Å². The molecule has 1 amide bonds. The summed E-state index contributed by atoms with van der Waals surface area (Å²) in [5, 5.41) is 0.401. The first-order valence-corrected chi connectivity index (χ1v) is 11.6. The van der Waals surface area contributed by atoms with E-state index in [9.17, 15) is 13.6 Å². The smallest absolute Gasteiger partial charge is 0.229 e. The van der Waals surface area contributed by atoms with Gasteiger partial charge in [-0.25, -0.2) is 13.8 Å². The third-order valence-electron chi connectivity index (χ3n) is 4.56. The van der Waals surface area contributed by atoms with Crippen LogP contribution in [0.3, 0.4) is 0 Å². The number of amides is 1. The molecule has 1 heterocycles. The number of benzene rings is 2. The van der Waals surface area contributed by atoms with E-state index in [0.717, 1.165) is 41.0 Å². The summed E-state index contributed by atoms with van der Waals surface area (Å²) < 4.78 is 33.2. The van der Waals surface area contributed by atoms with Crippen molar-refractivity contribution in [2.75, 3.05) is 44.9 Å². The maximum absolute atomic E-state index is 14.1. The molecule has 166 valence electrons. The molecule has 0 N–H and O–H groups in total. The zero-order valence-corrected chi connectivity index (χ0v) is 19.4. The number of aromatic nitrogens is 1. The summed E-state index contributed by atoms with van der Waals surface area (Å²) in [7, 11) is 5.55. The molecule has 1 aromatic heterocycles. The zero-order chi connectivity index (χ0) is 22.4. The van der Waals surface area contributed by atoms with Crippen molar-refractivity contribution in [1.82, 2.24) is 9.88 Å². The zero-order valence-electron chi connectivity index (χ0n) is 17.7. The largest absolute Gasteiger partial charge is 0.497 e. The van der Waals surface area contributed by atoms with Crippen LogP contribution in [-0.2, 0) is 4.79 Å². The topological polar surface area (TPSA) is 45.7 Å². The van der Waals surface area contributed by atoms with Crippen molar-refractivity contribution >= 4 is 44.4 Å². The van der Waals surface area contributed by atoms with Gasteiger partial charge in [0.1, 0.15) is 17.1 Å². The number of thioether (sulfide) groups is 1. The van der Waals surface area contributed by atoms with Crippen molar-refractivity contribution in [3.8, 4) is 5.75 Å². The summed E-state index contributed by atoms with van der Waals surface area (Å²) in [6.07, 6.45) is 1.06.